The summed E-state index contributed by atoms with van der Waals surface area (Å²) in [6, 6.07) is -0.654. The van der Waals surface area contributed by atoms with E-state index in [1.807, 2.05) is 6.08 Å². The second-order valence-electron chi connectivity index (χ2n) is 17.9. The Kier molecular flexibility index (Phi) is 53.4. The highest BCUT2D eigenvalue weighted by atomic mass is 16.3. The summed E-state index contributed by atoms with van der Waals surface area (Å²) in [6.45, 7) is 4.14. The molecule has 0 aliphatic heterocycles. The molecule has 0 aliphatic carbocycles. The first-order chi connectivity index (χ1) is 33.2. The summed E-state index contributed by atoms with van der Waals surface area (Å²) < 4.78 is 0. The molecule has 0 heterocycles. The Bertz CT molecular complexity index is 1420. The predicted molar refractivity (Wildman–Crippen MR) is 298 cm³/mol. The maximum atomic E-state index is 12.4. The molecular weight excluding hydrogens is 819 g/mol. The Hall–Kier alpha value is -3.73. The number of aliphatic hydroxyl groups is 2. The van der Waals surface area contributed by atoms with Crippen LogP contribution in [-0.4, -0.2) is 34.9 Å². The number of nitrogens with one attached hydrogen (secondary N) is 1. The molecular formula is C63H103NO3. The van der Waals surface area contributed by atoms with E-state index in [2.05, 4.69) is 153 Å². The molecule has 0 saturated heterocycles. The molecule has 0 radical (unpaired) electrons. The molecule has 0 aromatic carbocycles. The molecule has 0 saturated carbocycles. The highest BCUT2D eigenvalue weighted by molar-refractivity contribution is 5.76. The van der Waals surface area contributed by atoms with Crippen molar-refractivity contribution in [2.24, 2.45) is 0 Å². The van der Waals surface area contributed by atoms with Crippen LogP contribution < -0.4 is 5.32 Å². The van der Waals surface area contributed by atoms with Gasteiger partial charge in [-0.3, -0.25) is 4.79 Å². The maximum absolute atomic E-state index is 12.4. The zero-order valence-corrected chi connectivity index (χ0v) is 43.4. The molecule has 378 valence electrons. The molecule has 2 unspecified atom stereocenters. The van der Waals surface area contributed by atoms with E-state index in [1.165, 1.54) is 109 Å². The van der Waals surface area contributed by atoms with E-state index in [9.17, 15) is 15.0 Å². The number of hydrogen-bond acceptors (Lipinski definition) is 3. The van der Waals surface area contributed by atoms with Crippen molar-refractivity contribution in [2.45, 2.75) is 238 Å². The van der Waals surface area contributed by atoms with Crippen LogP contribution in [0.1, 0.15) is 226 Å². The highest BCUT2D eigenvalue weighted by Gasteiger charge is 2.17. The molecule has 0 spiro atoms. The number of rotatable bonds is 48. The summed E-state index contributed by atoms with van der Waals surface area (Å²) in [4.78, 5) is 12.4. The molecule has 67 heavy (non-hydrogen) atoms. The lowest BCUT2D eigenvalue weighted by Crippen LogP contribution is -2.45. The van der Waals surface area contributed by atoms with Gasteiger partial charge in [0.1, 0.15) is 0 Å². The van der Waals surface area contributed by atoms with Crippen LogP contribution in [0.5, 0.6) is 0 Å². The fraction of sp³-hybridized carbons (Fsp3) is 0.603. The number of unbranched alkanes of at least 4 members (excludes halogenated alkanes) is 19. The van der Waals surface area contributed by atoms with E-state index in [1.54, 1.807) is 6.08 Å². The fourth-order valence-corrected chi connectivity index (χ4v) is 7.38. The molecule has 0 aliphatic rings. The van der Waals surface area contributed by atoms with Crippen LogP contribution in [0.25, 0.3) is 0 Å². The molecule has 0 rings (SSSR count). The molecule has 0 aromatic heterocycles. The third kappa shape index (κ3) is 53.1. The summed E-state index contributed by atoms with van der Waals surface area (Å²) in [5.74, 6) is -0.0860. The van der Waals surface area contributed by atoms with Crippen molar-refractivity contribution in [1.82, 2.24) is 5.32 Å². The van der Waals surface area contributed by atoms with Crippen molar-refractivity contribution >= 4 is 5.91 Å². The minimum atomic E-state index is -0.878. The molecule has 0 bridgehead atoms. The van der Waals surface area contributed by atoms with Gasteiger partial charge in [0.15, 0.2) is 0 Å². The van der Waals surface area contributed by atoms with Gasteiger partial charge in [-0.05, 0) is 116 Å². The predicted octanol–water partition coefficient (Wildman–Crippen LogP) is 18.4. The number of aliphatic hydroxyl groups excluding tert-OH is 2. The second-order valence-corrected chi connectivity index (χ2v) is 17.9. The average molecular weight is 923 g/mol. The first-order valence-electron chi connectivity index (χ1n) is 27.5. The third-order valence-electron chi connectivity index (χ3n) is 11.5. The van der Waals surface area contributed by atoms with Crippen molar-refractivity contribution in [1.29, 1.82) is 0 Å². The first kappa shape index (κ1) is 63.3. The van der Waals surface area contributed by atoms with E-state index in [0.717, 1.165) is 96.3 Å². The topological polar surface area (TPSA) is 69.6 Å². The van der Waals surface area contributed by atoms with Gasteiger partial charge in [-0.25, -0.2) is 0 Å². The summed E-state index contributed by atoms with van der Waals surface area (Å²) in [7, 11) is 0. The lowest BCUT2D eigenvalue weighted by molar-refractivity contribution is -0.123. The van der Waals surface area contributed by atoms with Gasteiger partial charge in [0.2, 0.25) is 5.91 Å². The van der Waals surface area contributed by atoms with Gasteiger partial charge < -0.3 is 15.5 Å². The molecule has 0 aromatic rings. The molecule has 4 heteroatoms. The van der Waals surface area contributed by atoms with E-state index < -0.39 is 12.1 Å². The largest absolute Gasteiger partial charge is 0.394 e. The van der Waals surface area contributed by atoms with E-state index in [4.69, 9.17) is 0 Å². The van der Waals surface area contributed by atoms with Gasteiger partial charge in [-0.2, -0.15) is 0 Å². The minimum Gasteiger partial charge on any atom is -0.394 e. The van der Waals surface area contributed by atoms with Gasteiger partial charge in [-0.1, -0.05) is 250 Å². The zero-order chi connectivity index (χ0) is 48.5. The van der Waals surface area contributed by atoms with Crippen molar-refractivity contribution in [3.05, 3.63) is 146 Å². The Morgan fingerprint density at radius 3 is 1.04 bits per heavy atom. The van der Waals surface area contributed by atoms with Crippen LogP contribution in [-0.2, 0) is 4.79 Å². The number of amides is 1. The zero-order valence-electron chi connectivity index (χ0n) is 43.4. The summed E-state index contributed by atoms with van der Waals surface area (Å²) >= 11 is 0. The molecule has 1 amide bonds. The number of carbonyl (C=O) groups excluding carboxylic acids is 1. The molecule has 0 fully saturated rings. The van der Waals surface area contributed by atoms with Crippen LogP contribution in [0, 0.1) is 0 Å². The van der Waals surface area contributed by atoms with Crippen molar-refractivity contribution in [3.63, 3.8) is 0 Å². The molecule has 3 N–H and O–H groups in total. The van der Waals surface area contributed by atoms with Gasteiger partial charge in [-0.15, -0.1) is 0 Å². The van der Waals surface area contributed by atoms with Gasteiger partial charge >= 0.3 is 0 Å². The quantitative estimate of drug-likeness (QED) is 0.0421. The van der Waals surface area contributed by atoms with E-state index >= 15 is 0 Å². The number of hydrogen-bond donors (Lipinski definition) is 3. The molecule has 2 atom stereocenters. The first-order valence-corrected chi connectivity index (χ1v) is 27.5. The lowest BCUT2D eigenvalue weighted by Gasteiger charge is -2.19. The Balaban J connectivity index is 3.60. The van der Waals surface area contributed by atoms with Crippen LogP contribution >= 0.6 is 0 Å². The van der Waals surface area contributed by atoms with Crippen LogP contribution in [0.3, 0.4) is 0 Å². The fourth-order valence-electron chi connectivity index (χ4n) is 7.38. The Morgan fingerprint density at radius 2 is 0.672 bits per heavy atom. The number of allylic oxidation sites excluding steroid dienone is 23. The normalized spacial score (nSPS) is 14.0. The van der Waals surface area contributed by atoms with Gasteiger partial charge in [0.25, 0.3) is 0 Å². The SMILES string of the molecule is CC/C=C\C/C=C\C/C=C\C/C=C\C/C=C\C/C=C\C/C=C\C/C=C\C/C=C\CCCCCCCCCCCCCCCC(=O)NC(CO)C(O)/C=C/CC/C=C/CC/C=C/CCCCCC. The highest BCUT2D eigenvalue weighted by Crippen LogP contribution is 2.14. The van der Waals surface area contributed by atoms with E-state index in [0.29, 0.717) is 6.42 Å². The average Bonchev–Trinajstić information content (AvgIpc) is 3.33. The summed E-state index contributed by atoms with van der Waals surface area (Å²) in [5.41, 5.74) is 0. The van der Waals surface area contributed by atoms with Gasteiger partial charge in [0, 0.05) is 6.42 Å². The van der Waals surface area contributed by atoms with Crippen LogP contribution in [0.4, 0.5) is 0 Å². The smallest absolute Gasteiger partial charge is 0.220 e. The summed E-state index contributed by atoms with van der Waals surface area (Å²) in [5, 5.41) is 23.0. The monoisotopic (exact) mass is 922 g/mol. The standard InChI is InChI=1S/C63H103NO3/c1-3-5-7-9-11-13-15-17-19-20-21-22-23-24-25-26-27-28-29-30-31-32-33-34-35-36-37-38-39-40-41-42-43-44-45-47-49-51-53-55-57-59-63(67)64-61(60-65)62(66)58-56-54-52-50-48-46-18-16-14-12-10-8-6-4-2/h5,7,11,13-14,16-17,19,21-22,24-25,27-28,30-31,33-34,36-37,48,50,56,58,61-62,65-66H,3-4,6,8-10,12,15,18,20,23,26,29,32,35,38-47,49,51-55,57,59-60H2,1-2H3,(H,64,67)/b7-5-,13-11-,16-14+,19-17-,22-21-,25-24-,28-27-,31-30-,34-33-,37-36-,50-48+,58-56+. The Labute approximate surface area is 414 Å². The van der Waals surface area contributed by atoms with Gasteiger partial charge in [0.05, 0.1) is 18.8 Å². The van der Waals surface area contributed by atoms with Crippen molar-refractivity contribution in [3.8, 4) is 0 Å². The lowest BCUT2D eigenvalue weighted by atomic mass is 10.0. The van der Waals surface area contributed by atoms with Crippen LogP contribution in [0.2, 0.25) is 0 Å². The van der Waals surface area contributed by atoms with Crippen molar-refractivity contribution in [2.75, 3.05) is 6.61 Å². The van der Waals surface area contributed by atoms with Crippen LogP contribution in [0.15, 0.2) is 146 Å². The minimum absolute atomic E-state index is 0.0860. The number of carbonyl (C=O) groups is 1. The van der Waals surface area contributed by atoms with Crippen molar-refractivity contribution < 1.29 is 15.0 Å². The Morgan fingerprint density at radius 1 is 0.373 bits per heavy atom. The van der Waals surface area contributed by atoms with E-state index in [-0.39, 0.29) is 12.5 Å². The maximum Gasteiger partial charge on any atom is 0.220 e. The summed E-state index contributed by atoms with van der Waals surface area (Å²) in [6.07, 6.45) is 90.0. The molecule has 4 nitrogen and oxygen atoms in total. The second kappa shape index (κ2) is 56.6. The third-order valence-corrected chi connectivity index (χ3v) is 11.5.